The van der Waals surface area contributed by atoms with Crippen LogP contribution >= 0.6 is 0 Å². The number of aromatic nitrogens is 2. The van der Waals surface area contributed by atoms with Crippen LogP contribution in [0.15, 0.2) is 18.2 Å². The van der Waals surface area contributed by atoms with Crippen molar-refractivity contribution < 1.29 is 9.90 Å². The van der Waals surface area contributed by atoms with Crippen LogP contribution in [0.3, 0.4) is 0 Å². The lowest BCUT2D eigenvalue weighted by molar-refractivity contribution is 0.0972. The van der Waals surface area contributed by atoms with Gasteiger partial charge in [0.2, 0.25) is 5.95 Å². The number of ketones is 1. The van der Waals surface area contributed by atoms with Crippen LogP contribution < -0.4 is 4.90 Å². The van der Waals surface area contributed by atoms with Gasteiger partial charge < -0.3 is 14.6 Å². The van der Waals surface area contributed by atoms with E-state index in [0.29, 0.717) is 12.3 Å². The van der Waals surface area contributed by atoms with E-state index in [9.17, 15) is 9.90 Å². The van der Waals surface area contributed by atoms with E-state index in [1.54, 1.807) is 0 Å². The first-order chi connectivity index (χ1) is 10.6. The van der Waals surface area contributed by atoms with Gasteiger partial charge in [-0.15, -0.1) is 0 Å². The first-order valence-corrected chi connectivity index (χ1v) is 8.10. The smallest absolute Gasteiger partial charge is 0.206 e. The molecule has 5 nitrogen and oxygen atoms in total. The highest BCUT2D eigenvalue weighted by Crippen LogP contribution is 2.32. The van der Waals surface area contributed by atoms with Gasteiger partial charge in [0.25, 0.3) is 0 Å². The summed E-state index contributed by atoms with van der Waals surface area (Å²) in [5, 5.41) is 9.75. The van der Waals surface area contributed by atoms with E-state index in [0.717, 1.165) is 55.0 Å². The lowest BCUT2D eigenvalue weighted by atomic mass is 9.92. The van der Waals surface area contributed by atoms with Crippen LogP contribution in [0.25, 0.3) is 11.0 Å². The molecule has 2 aliphatic rings. The molecule has 0 radical (unpaired) electrons. The second-order valence-corrected chi connectivity index (χ2v) is 6.48. The van der Waals surface area contributed by atoms with Gasteiger partial charge in [-0.2, -0.15) is 0 Å². The first-order valence-electron chi connectivity index (χ1n) is 8.10. The number of piperidine rings is 1. The maximum Gasteiger partial charge on any atom is 0.206 e. The number of imidazole rings is 1. The number of nitrogens with zero attached hydrogens (tertiary/aromatic N) is 3. The Bertz CT molecular complexity index is 727. The topological polar surface area (TPSA) is 58.4 Å². The number of para-hydroxylation sites is 1. The highest BCUT2D eigenvalue weighted by atomic mass is 16.3. The maximum absolute atomic E-state index is 12.1. The van der Waals surface area contributed by atoms with Gasteiger partial charge in [0.05, 0.1) is 17.1 Å². The van der Waals surface area contributed by atoms with E-state index in [1.807, 2.05) is 25.1 Å². The molecule has 1 atom stereocenters. The van der Waals surface area contributed by atoms with Crippen LogP contribution in [-0.2, 0) is 6.54 Å². The summed E-state index contributed by atoms with van der Waals surface area (Å²) >= 11 is 0. The Morgan fingerprint density at radius 1 is 1.27 bits per heavy atom. The molecule has 1 fully saturated rings. The lowest BCUT2D eigenvalue weighted by Crippen LogP contribution is -2.38. The van der Waals surface area contributed by atoms with Gasteiger partial charge in [0.1, 0.15) is 0 Å². The normalized spacial score (nSPS) is 20.6. The van der Waals surface area contributed by atoms with Crippen molar-refractivity contribution in [2.45, 2.75) is 38.8 Å². The summed E-state index contributed by atoms with van der Waals surface area (Å²) in [6.07, 6.45) is 2.31. The predicted molar refractivity (Wildman–Crippen MR) is 85.3 cm³/mol. The van der Waals surface area contributed by atoms with Crippen molar-refractivity contribution in [3.05, 3.63) is 23.8 Å². The third-order valence-electron chi connectivity index (χ3n) is 5.11. The molecule has 22 heavy (non-hydrogen) atoms. The van der Waals surface area contributed by atoms with Crippen LogP contribution in [0, 0.1) is 5.92 Å². The van der Waals surface area contributed by atoms with E-state index >= 15 is 0 Å². The molecule has 0 saturated carbocycles. The molecule has 1 aromatic heterocycles. The number of carbonyl (C=O) groups excluding carboxylic acids is 1. The van der Waals surface area contributed by atoms with Crippen molar-refractivity contribution in [3.8, 4) is 0 Å². The van der Waals surface area contributed by atoms with Crippen molar-refractivity contribution in [2.24, 2.45) is 5.92 Å². The Labute approximate surface area is 129 Å². The van der Waals surface area contributed by atoms with Crippen LogP contribution in [0.1, 0.15) is 36.5 Å². The summed E-state index contributed by atoms with van der Waals surface area (Å²) in [4.78, 5) is 19.2. The number of rotatable bonds is 2. The van der Waals surface area contributed by atoms with Gasteiger partial charge in [-0.3, -0.25) is 4.79 Å². The van der Waals surface area contributed by atoms with E-state index in [2.05, 4.69) is 9.47 Å². The molecule has 1 unspecified atom stereocenters. The van der Waals surface area contributed by atoms with E-state index in [-0.39, 0.29) is 11.9 Å². The molecule has 0 bridgehead atoms. The summed E-state index contributed by atoms with van der Waals surface area (Å²) in [5.41, 5.74) is 2.71. The van der Waals surface area contributed by atoms with Crippen LogP contribution in [-0.4, -0.2) is 39.6 Å². The zero-order valence-electron chi connectivity index (χ0n) is 12.8. The number of Topliss-reactive ketones (excluding diaryl/α,β-unsaturated/α-hetero) is 1. The molecular formula is C17H21N3O2. The number of carbonyl (C=O) groups is 1. The van der Waals surface area contributed by atoms with Gasteiger partial charge in [-0.25, -0.2) is 4.98 Å². The van der Waals surface area contributed by atoms with Crippen molar-refractivity contribution in [3.63, 3.8) is 0 Å². The van der Waals surface area contributed by atoms with Gasteiger partial charge in [0.15, 0.2) is 5.78 Å². The minimum absolute atomic E-state index is 0.220. The van der Waals surface area contributed by atoms with Gasteiger partial charge >= 0.3 is 0 Å². The minimum atomic E-state index is -0.232. The summed E-state index contributed by atoms with van der Waals surface area (Å²) in [6, 6.07) is 5.81. The van der Waals surface area contributed by atoms with Crippen LogP contribution in [0.2, 0.25) is 0 Å². The molecule has 2 aliphatic heterocycles. The highest BCUT2D eigenvalue weighted by Gasteiger charge is 2.28. The summed E-state index contributed by atoms with van der Waals surface area (Å²) < 4.78 is 2.20. The maximum atomic E-state index is 12.1. The fourth-order valence-corrected chi connectivity index (χ4v) is 3.78. The first kappa shape index (κ1) is 13.8. The highest BCUT2D eigenvalue weighted by molar-refractivity contribution is 6.08. The van der Waals surface area contributed by atoms with Gasteiger partial charge in [-0.05, 0) is 37.8 Å². The van der Waals surface area contributed by atoms with Gasteiger partial charge in [-0.1, -0.05) is 6.07 Å². The Morgan fingerprint density at radius 3 is 2.77 bits per heavy atom. The standard InChI is InChI=1S/C17H21N3O2/c1-11(21)12-5-8-19(9-6-12)17-18-14-4-2-3-13-15(22)7-10-20(17)16(13)14/h2-4,11-12,21H,5-10H2,1H3. The molecule has 3 heterocycles. The largest absolute Gasteiger partial charge is 0.393 e. The lowest BCUT2D eigenvalue weighted by Gasteiger charge is -2.34. The molecule has 116 valence electrons. The molecule has 0 spiro atoms. The predicted octanol–water partition coefficient (Wildman–Crippen LogP) is 2.22. The third kappa shape index (κ3) is 2.03. The van der Waals surface area contributed by atoms with Crippen molar-refractivity contribution in [2.75, 3.05) is 18.0 Å². The number of aryl methyl sites for hydroxylation is 1. The van der Waals surface area contributed by atoms with Gasteiger partial charge in [0, 0.05) is 31.6 Å². The Morgan fingerprint density at radius 2 is 2.05 bits per heavy atom. The molecule has 1 N–H and O–H groups in total. The van der Waals surface area contributed by atoms with Crippen molar-refractivity contribution in [1.82, 2.24) is 9.55 Å². The minimum Gasteiger partial charge on any atom is -0.393 e. The summed E-state index contributed by atoms with van der Waals surface area (Å²) in [5.74, 6) is 1.59. The Balaban J connectivity index is 1.71. The van der Waals surface area contributed by atoms with E-state index in [4.69, 9.17) is 4.98 Å². The number of aliphatic hydroxyl groups excluding tert-OH is 1. The quantitative estimate of drug-likeness (QED) is 0.924. The fourth-order valence-electron chi connectivity index (χ4n) is 3.78. The average molecular weight is 299 g/mol. The molecule has 1 saturated heterocycles. The van der Waals surface area contributed by atoms with Crippen LogP contribution in [0.4, 0.5) is 5.95 Å². The second-order valence-electron chi connectivity index (χ2n) is 6.48. The zero-order valence-corrected chi connectivity index (χ0v) is 12.8. The number of hydrogen-bond donors (Lipinski definition) is 1. The number of benzene rings is 1. The monoisotopic (exact) mass is 299 g/mol. The Kier molecular flexibility index (Phi) is 3.18. The molecule has 1 aromatic carbocycles. The molecular weight excluding hydrogens is 278 g/mol. The SMILES string of the molecule is CC(O)C1CCN(c2nc3cccc4c3n2CCC4=O)CC1. The molecule has 4 rings (SSSR count). The average Bonchev–Trinajstić information content (AvgIpc) is 2.91. The summed E-state index contributed by atoms with van der Waals surface area (Å²) in [6.45, 7) is 4.44. The van der Waals surface area contributed by atoms with Crippen molar-refractivity contribution in [1.29, 1.82) is 0 Å². The Hall–Kier alpha value is -1.88. The molecule has 0 amide bonds. The molecule has 0 aliphatic carbocycles. The van der Waals surface area contributed by atoms with Crippen molar-refractivity contribution >= 4 is 22.8 Å². The number of hydrogen-bond acceptors (Lipinski definition) is 4. The third-order valence-corrected chi connectivity index (χ3v) is 5.11. The van der Waals surface area contributed by atoms with E-state index in [1.165, 1.54) is 0 Å². The molecule has 5 heteroatoms. The zero-order chi connectivity index (χ0) is 15.3. The van der Waals surface area contributed by atoms with Crippen LogP contribution in [0.5, 0.6) is 0 Å². The van der Waals surface area contributed by atoms with E-state index < -0.39 is 0 Å². The fraction of sp³-hybridized carbons (Fsp3) is 0.529. The summed E-state index contributed by atoms with van der Waals surface area (Å²) in [7, 11) is 0. The second kappa shape index (κ2) is 5.09. The number of aliphatic hydroxyl groups is 1. The molecule has 2 aromatic rings. The number of anilines is 1.